The number of aryl methyl sites for hydroxylation is 1. The normalized spacial score (nSPS) is 14.3. The summed E-state index contributed by atoms with van der Waals surface area (Å²) in [6.45, 7) is 5.12. The number of nitrogens with zero attached hydrogens (tertiary/aromatic N) is 2. The van der Waals surface area contributed by atoms with E-state index in [0.29, 0.717) is 0 Å². The van der Waals surface area contributed by atoms with Crippen molar-refractivity contribution in [2.24, 2.45) is 0 Å². The van der Waals surface area contributed by atoms with Crippen LogP contribution < -0.4 is 15.5 Å². The number of rotatable bonds is 2. The summed E-state index contributed by atoms with van der Waals surface area (Å²) in [5, 5.41) is 0. The zero-order valence-corrected chi connectivity index (χ0v) is 12.1. The van der Waals surface area contributed by atoms with E-state index in [0.717, 1.165) is 30.9 Å². The Kier molecular flexibility index (Phi) is 3.26. The number of nitrogen functional groups attached to an aromatic ring is 1. The maximum Gasteiger partial charge on any atom is 0.0607 e. The van der Waals surface area contributed by atoms with Gasteiger partial charge in [-0.1, -0.05) is 24.3 Å². The number of hydrogen-bond acceptors (Lipinski definition) is 3. The van der Waals surface area contributed by atoms with Crippen LogP contribution >= 0.6 is 0 Å². The van der Waals surface area contributed by atoms with Gasteiger partial charge in [0.1, 0.15) is 0 Å². The van der Waals surface area contributed by atoms with Gasteiger partial charge in [-0.25, -0.2) is 0 Å². The second-order valence-electron chi connectivity index (χ2n) is 5.52. The molecule has 0 aromatic heterocycles. The molecule has 2 aromatic carbocycles. The standard InChI is InChI=1S/C17H21N3/c1-13-11-14(7-8-15(13)18)12-20-10-9-19(2)16-5-3-4-6-17(16)20/h3-8,11H,9-10,12,18H2,1-2H3. The number of benzene rings is 2. The third-order valence-corrected chi connectivity index (χ3v) is 4.05. The van der Waals surface area contributed by atoms with Gasteiger partial charge in [0.25, 0.3) is 0 Å². The first-order valence-electron chi connectivity index (χ1n) is 7.05. The van der Waals surface area contributed by atoms with Gasteiger partial charge >= 0.3 is 0 Å². The van der Waals surface area contributed by atoms with E-state index in [2.05, 4.69) is 60.2 Å². The van der Waals surface area contributed by atoms with Gasteiger partial charge in [0, 0.05) is 32.4 Å². The lowest BCUT2D eigenvalue weighted by molar-refractivity contribution is 0.734. The van der Waals surface area contributed by atoms with Crippen LogP contribution in [0.15, 0.2) is 42.5 Å². The summed E-state index contributed by atoms with van der Waals surface area (Å²) in [5.74, 6) is 0. The van der Waals surface area contributed by atoms with Gasteiger partial charge in [0.05, 0.1) is 11.4 Å². The van der Waals surface area contributed by atoms with Crippen molar-refractivity contribution >= 4 is 17.1 Å². The maximum atomic E-state index is 5.90. The van der Waals surface area contributed by atoms with Gasteiger partial charge in [-0.15, -0.1) is 0 Å². The van der Waals surface area contributed by atoms with E-state index in [1.165, 1.54) is 16.9 Å². The van der Waals surface area contributed by atoms with Crippen molar-refractivity contribution in [3.05, 3.63) is 53.6 Å². The van der Waals surface area contributed by atoms with Gasteiger partial charge in [-0.2, -0.15) is 0 Å². The quantitative estimate of drug-likeness (QED) is 0.849. The van der Waals surface area contributed by atoms with E-state index in [-0.39, 0.29) is 0 Å². The van der Waals surface area contributed by atoms with Crippen molar-refractivity contribution < 1.29 is 0 Å². The average Bonchev–Trinajstić information content (AvgIpc) is 2.46. The van der Waals surface area contributed by atoms with Crippen LogP contribution in [0, 0.1) is 6.92 Å². The molecule has 0 saturated heterocycles. The van der Waals surface area contributed by atoms with Crippen molar-refractivity contribution in [2.45, 2.75) is 13.5 Å². The minimum atomic E-state index is 0.868. The number of hydrogen-bond donors (Lipinski definition) is 1. The molecule has 0 radical (unpaired) electrons. The molecule has 20 heavy (non-hydrogen) atoms. The summed E-state index contributed by atoms with van der Waals surface area (Å²) in [6, 6.07) is 14.9. The molecule has 104 valence electrons. The first-order chi connectivity index (χ1) is 9.65. The number of fused-ring (bicyclic) bond motifs is 1. The Hall–Kier alpha value is -2.16. The molecule has 2 aromatic rings. The Balaban J connectivity index is 1.88. The lowest BCUT2D eigenvalue weighted by atomic mass is 10.1. The van der Waals surface area contributed by atoms with Crippen molar-refractivity contribution in [3.63, 3.8) is 0 Å². The van der Waals surface area contributed by atoms with Gasteiger partial charge < -0.3 is 15.5 Å². The molecule has 3 rings (SSSR count). The topological polar surface area (TPSA) is 32.5 Å². The Morgan fingerprint density at radius 1 is 1.05 bits per heavy atom. The van der Waals surface area contributed by atoms with Crippen molar-refractivity contribution in [1.29, 1.82) is 0 Å². The number of anilines is 3. The highest BCUT2D eigenvalue weighted by molar-refractivity contribution is 5.73. The SMILES string of the molecule is Cc1cc(CN2CCN(C)c3ccccc32)ccc1N. The zero-order valence-electron chi connectivity index (χ0n) is 12.1. The summed E-state index contributed by atoms with van der Waals surface area (Å²) in [5.41, 5.74) is 11.9. The van der Waals surface area contributed by atoms with Crippen LogP contribution in [0.5, 0.6) is 0 Å². The van der Waals surface area contributed by atoms with Crippen LogP contribution in [0.3, 0.4) is 0 Å². The highest BCUT2D eigenvalue weighted by atomic mass is 15.2. The fraction of sp³-hybridized carbons (Fsp3) is 0.294. The second kappa shape index (κ2) is 5.08. The molecule has 3 nitrogen and oxygen atoms in total. The molecule has 0 fully saturated rings. The first-order valence-corrected chi connectivity index (χ1v) is 7.05. The molecule has 0 amide bonds. The monoisotopic (exact) mass is 267 g/mol. The lowest BCUT2D eigenvalue weighted by Gasteiger charge is -2.37. The Bertz CT molecular complexity index is 621. The summed E-state index contributed by atoms with van der Waals surface area (Å²) in [7, 11) is 2.16. The van der Waals surface area contributed by atoms with E-state index in [1.807, 2.05) is 6.07 Å². The molecule has 0 bridgehead atoms. The van der Waals surface area contributed by atoms with E-state index >= 15 is 0 Å². The largest absolute Gasteiger partial charge is 0.399 e. The summed E-state index contributed by atoms with van der Waals surface area (Å²) in [6.07, 6.45) is 0. The summed E-state index contributed by atoms with van der Waals surface area (Å²) >= 11 is 0. The van der Waals surface area contributed by atoms with Crippen molar-refractivity contribution in [2.75, 3.05) is 35.7 Å². The number of nitrogens with two attached hydrogens (primary N) is 1. The highest BCUT2D eigenvalue weighted by Gasteiger charge is 2.19. The zero-order chi connectivity index (χ0) is 14.1. The number of likely N-dealkylation sites (N-methyl/N-ethyl adjacent to an activating group) is 1. The molecule has 1 aliphatic heterocycles. The maximum absolute atomic E-state index is 5.90. The van der Waals surface area contributed by atoms with Gasteiger partial charge in [0.2, 0.25) is 0 Å². The highest BCUT2D eigenvalue weighted by Crippen LogP contribution is 2.32. The van der Waals surface area contributed by atoms with Crippen LogP contribution in [0.2, 0.25) is 0 Å². The average molecular weight is 267 g/mol. The fourth-order valence-corrected chi connectivity index (χ4v) is 2.79. The molecular formula is C17H21N3. The predicted octanol–water partition coefficient (Wildman–Crippen LogP) is 3.03. The van der Waals surface area contributed by atoms with Crippen LogP contribution in [-0.4, -0.2) is 20.1 Å². The van der Waals surface area contributed by atoms with E-state index in [9.17, 15) is 0 Å². The van der Waals surface area contributed by atoms with Crippen molar-refractivity contribution in [1.82, 2.24) is 0 Å². The molecule has 0 unspecified atom stereocenters. The molecule has 0 aliphatic carbocycles. The molecule has 0 atom stereocenters. The molecule has 0 spiro atoms. The predicted molar refractivity (Wildman–Crippen MR) is 86.4 cm³/mol. The van der Waals surface area contributed by atoms with Crippen LogP contribution in [-0.2, 0) is 6.54 Å². The Labute approximate surface area is 120 Å². The summed E-state index contributed by atoms with van der Waals surface area (Å²) in [4.78, 5) is 4.76. The smallest absolute Gasteiger partial charge is 0.0607 e. The molecule has 1 aliphatic rings. The van der Waals surface area contributed by atoms with Gasteiger partial charge in [-0.05, 0) is 36.2 Å². The minimum Gasteiger partial charge on any atom is -0.399 e. The first kappa shape index (κ1) is 12.9. The van der Waals surface area contributed by atoms with E-state index < -0.39 is 0 Å². The van der Waals surface area contributed by atoms with Crippen LogP contribution in [0.1, 0.15) is 11.1 Å². The second-order valence-corrected chi connectivity index (χ2v) is 5.52. The lowest BCUT2D eigenvalue weighted by Crippen LogP contribution is -2.38. The molecule has 3 heteroatoms. The summed E-state index contributed by atoms with van der Waals surface area (Å²) < 4.78 is 0. The van der Waals surface area contributed by atoms with Crippen molar-refractivity contribution in [3.8, 4) is 0 Å². The minimum absolute atomic E-state index is 0.868. The van der Waals surface area contributed by atoms with Gasteiger partial charge in [-0.3, -0.25) is 0 Å². The van der Waals surface area contributed by atoms with E-state index in [1.54, 1.807) is 0 Å². The van der Waals surface area contributed by atoms with Crippen LogP contribution in [0.4, 0.5) is 17.1 Å². The Morgan fingerprint density at radius 2 is 1.80 bits per heavy atom. The molecule has 2 N–H and O–H groups in total. The van der Waals surface area contributed by atoms with E-state index in [4.69, 9.17) is 5.73 Å². The third-order valence-electron chi connectivity index (χ3n) is 4.05. The fourth-order valence-electron chi connectivity index (χ4n) is 2.79. The third kappa shape index (κ3) is 2.31. The molecular weight excluding hydrogens is 246 g/mol. The molecule has 0 saturated carbocycles. The Morgan fingerprint density at radius 3 is 2.55 bits per heavy atom. The number of para-hydroxylation sites is 2. The van der Waals surface area contributed by atoms with Crippen LogP contribution in [0.25, 0.3) is 0 Å². The molecule has 1 heterocycles. The van der Waals surface area contributed by atoms with Gasteiger partial charge in [0.15, 0.2) is 0 Å².